The van der Waals surface area contributed by atoms with Crippen molar-refractivity contribution in [3.05, 3.63) is 50.4 Å². The lowest BCUT2D eigenvalue weighted by Crippen LogP contribution is -2.48. The molecule has 0 unspecified atom stereocenters. The summed E-state index contributed by atoms with van der Waals surface area (Å²) in [6.45, 7) is 8.74. The highest BCUT2D eigenvalue weighted by molar-refractivity contribution is 6.41. The van der Waals surface area contributed by atoms with Crippen LogP contribution >= 0.6 is 23.2 Å². The van der Waals surface area contributed by atoms with E-state index in [2.05, 4.69) is 33.2 Å². The molecule has 2 aromatic heterocycles. The van der Waals surface area contributed by atoms with E-state index in [1.165, 1.54) is 14.2 Å². The van der Waals surface area contributed by atoms with Gasteiger partial charge >= 0.3 is 0 Å². The summed E-state index contributed by atoms with van der Waals surface area (Å²) in [7, 11) is 4.68. The van der Waals surface area contributed by atoms with Gasteiger partial charge in [0.15, 0.2) is 0 Å². The van der Waals surface area contributed by atoms with E-state index >= 15 is 0 Å². The summed E-state index contributed by atoms with van der Waals surface area (Å²) in [6, 6.07) is 5.53. The van der Waals surface area contributed by atoms with Gasteiger partial charge in [-0.05, 0) is 31.4 Å². The van der Waals surface area contributed by atoms with Gasteiger partial charge in [0, 0.05) is 62.5 Å². The second kappa shape index (κ2) is 15.0. The van der Waals surface area contributed by atoms with Crippen molar-refractivity contribution in [1.82, 2.24) is 24.3 Å². The first-order chi connectivity index (χ1) is 21.6. The predicted octanol–water partition coefficient (Wildman–Crippen LogP) is 5.24. The molecule has 1 aromatic carbocycles. The molecule has 0 bridgehead atoms. The third-order valence-electron chi connectivity index (χ3n) is 8.03. The first kappa shape index (κ1) is 34.0. The molecule has 0 saturated carbocycles. The number of hydrogen-bond acceptors (Lipinski definition) is 9. The number of pyridine rings is 1. The normalized spacial score (nSPS) is 14.2. The lowest BCUT2D eigenvalue weighted by Gasteiger charge is -2.38. The minimum absolute atomic E-state index is 0.113. The zero-order valence-corrected chi connectivity index (χ0v) is 28.0. The van der Waals surface area contributed by atoms with E-state index in [0.29, 0.717) is 60.2 Å². The van der Waals surface area contributed by atoms with Crippen LogP contribution in [0.2, 0.25) is 10.0 Å². The number of methoxy groups -OCH3 is 2. The molecule has 0 radical (unpaired) electrons. The van der Waals surface area contributed by atoms with Gasteiger partial charge in [0.1, 0.15) is 28.8 Å². The third kappa shape index (κ3) is 7.19. The maximum atomic E-state index is 14.2. The smallest absolute Gasteiger partial charge is 0.264 e. The molecule has 1 aliphatic rings. The average molecular weight is 657 g/mol. The molecule has 0 aliphatic carbocycles. The first-order valence-corrected chi connectivity index (χ1v) is 15.7. The topological polar surface area (TPSA) is 126 Å². The van der Waals surface area contributed by atoms with Crippen LogP contribution < -0.4 is 20.3 Å². The van der Waals surface area contributed by atoms with Gasteiger partial charge < -0.3 is 19.7 Å². The SMILES string of the molecule is CCN(CCn1c(=O)c(-c2c(Cl)c(OC)cc(OC)c2Cl)cc2cnc(NC)nc21)C1CCN(C(=O)C(C#N)=CC(C)C)CC1. The Kier molecular flexibility index (Phi) is 11.3. The molecule has 4 rings (SSSR count). The Morgan fingerprint density at radius 1 is 1.20 bits per heavy atom. The molecule has 1 aliphatic heterocycles. The molecule has 1 saturated heterocycles. The van der Waals surface area contributed by atoms with Gasteiger partial charge in [0.05, 0.1) is 29.8 Å². The highest BCUT2D eigenvalue weighted by Crippen LogP contribution is 2.45. The standard InChI is InChI=1S/C32H39Cl2N7O4/c1-7-39(22-8-10-40(11-9-22)30(42)20(17-35)14-19(2)3)12-13-41-29-21(18-37-32(36-4)38-29)15-23(31(41)43)26-27(33)24(44-5)16-25(45-6)28(26)34/h14-16,18-19,22H,7-13H2,1-6H3,(H,36,37,38). The summed E-state index contributed by atoms with van der Waals surface area (Å²) in [6.07, 6.45) is 4.89. The van der Waals surface area contributed by atoms with E-state index in [1.807, 2.05) is 13.8 Å². The monoisotopic (exact) mass is 655 g/mol. The number of nitrogens with one attached hydrogen (secondary N) is 1. The van der Waals surface area contributed by atoms with Crippen molar-refractivity contribution in [2.24, 2.45) is 5.92 Å². The summed E-state index contributed by atoms with van der Waals surface area (Å²) in [5.41, 5.74) is 0.926. The van der Waals surface area contributed by atoms with Crippen LogP contribution in [-0.2, 0) is 11.3 Å². The number of hydrogen-bond donors (Lipinski definition) is 1. The lowest BCUT2D eigenvalue weighted by atomic mass is 10.0. The zero-order chi connectivity index (χ0) is 32.8. The van der Waals surface area contributed by atoms with Crippen LogP contribution in [-0.4, -0.2) is 83.7 Å². The maximum Gasteiger partial charge on any atom is 0.264 e. The Morgan fingerprint density at radius 2 is 1.84 bits per heavy atom. The third-order valence-corrected chi connectivity index (χ3v) is 8.78. The molecule has 0 spiro atoms. The van der Waals surface area contributed by atoms with Gasteiger partial charge in [-0.3, -0.25) is 19.1 Å². The van der Waals surface area contributed by atoms with Crippen LogP contribution in [0, 0.1) is 17.2 Å². The molecule has 3 heterocycles. The van der Waals surface area contributed by atoms with Crippen molar-refractivity contribution < 1.29 is 14.3 Å². The highest BCUT2D eigenvalue weighted by atomic mass is 35.5. The number of piperidine rings is 1. The van der Waals surface area contributed by atoms with E-state index in [4.69, 9.17) is 32.7 Å². The Morgan fingerprint density at radius 3 is 2.38 bits per heavy atom. The Bertz CT molecular complexity index is 1660. The Hall–Kier alpha value is -3.85. The number of allylic oxidation sites excluding steroid dienone is 1. The molecule has 0 atom stereocenters. The number of aromatic nitrogens is 3. The average Bonchev–Trinajstić information content (AvgIpc) is 3.04. The summed E-state index contributed by atoms with van der Waals surface area (Å²) in [5.74, 6) is 0.931. The van der Waals surface area contributed by atoms with E-state index in [0.717, 1.165) is 19.4 Å². The van der Waals surface area contributed by atoms with E-state index < -0.39 is 0 Å². The summed E-state index contributed by atoms with van der Waals surface area (Å²) in [4.78, 5) is 40.2. The minimum Gasteiger partial charge on any atom is -0.495 e. The molecule has 1 amide bonds. The van der Waals surface area contributed by atoms with Crippen molar-refractivity contribution in [1.29, 1.82) is 5.26 Å². The lowest BCUT2D eigenvalue weighted by molar-refractivity contribution is -0.128. The number of ether oxygens (including phenoxy) is 2. The number of anilines is 1. The number of likely N-dealkylation sites (N-methyl/N-ethyl adjacent to an activating group) is 1. The molecule has 1 fully saturated rings. The molecule has 45 heavy (non-hydrogen) atoms. The fourth-order valence-corrected chi connectivity index (χ4v) is 6.41. The number of nitrogens with zero attached hydrogens (tertiary/aromatic N) is 6. The molecule has 11 nitrogen and oxygen atoms in total. The number of carbonyl (C=O) groups is 1. The number of likely N-dealkylation sites (tertiary alicyclic amines) is 1. The number of rotatable bonds is 11. The van der Waals surface area contributed by atoms with Crippen LogP contribution in [0.3, 0.4) is 0 Å². The van der Waals surface area contributed by atoms with Crippen molar-refractivity contribution >= 4 is 46.1 Å². The molecule has 1 N–H and O–H groups in total. The fraction of sp³-hybridized carbons (Fsp3) is 0.469. The van der Waals surface area contributed by atoms with Gasteiger partial charge in [0.2, 0.25) is 5.95 Å². The van der Waals surface area contributed by atoms with Crippen molar-refractivity contribution in [2.75, 3.05) is 52.8 Å². The highest BCUT2D eigenvalue weighted by Gasteiger charge is 2.29. The second-order valence-corrected chi connectivity index (χ2v) is 11.9. The quantitative estimate of drug-likeness (QED) is 0.218. The van der Waals surface area contributed by atoms with E-state index in [-0.39, 0.29) is 44.6 Å². The first-order valence-electron chi connectivity index (χ1n) is 14.9. The van der Waals surface area contributed by atoms with Crippen molar-refractivity contribution in [3.63, 3.8) is 0 Å². The number of halogens is 2. The fourth-order valence-electron chi connectivity index (χ4n) is 5.71. The predicted molar refractivity (Wildman–Crippen MR) is 177 cm³/mol. The minimum atomic E-state index is -0.320. The van der Waals surface area contributed by atoms with Gasteiger partial charge in [-0.1, -0.05) is 50.0 Å². The number of benzene rings is 1. The number of fused-ring (bicyclic) bond motifs is 1. The molecule has 13 heteroatoms. The molecule has 240 valence electrons. The summed E-state index contributed by atoms with van der Waals surface area (Å²) >= 11 is 13.5. The number of amides is 1. The second-order valence-electron chi connectivity index (χ2n) is 11.1. The zero-order valence-electron chi connectivity index (χ0n) is 26.5. The summed E-state index contributed by atoms with van der Waals surface area (Å²) < 4.78 is 12.5. The van der Waals surface area contributed by atoms with Crippen LogP contribution in [0.15, 0.2) is 34.8 Å². The number of carbonyl (C=O) groups excluding carboxylic acids is 1. The summed E-state index contributed by atoms with van der Waals surface area (Å²) in [5, 5.41) is 13.5. The Labute approximate surface area is 273 Å². The van der Waals surface area contributed by atoms with E-state index in [1.54, 1.807) is 40.9 Å². The van der Waals surface area contributed by atoms with Gasteiger partial charge in [0.25, 0.3) is 11.5 Å². The maximum absolute atomic E-state index is 14.2. The van der Waals surface area contributed by atoms with Crippen LogP contribution in [0.1, 0.15) is 33.6 Å². The molecule has 3 aromatic rings. The van der Waals surface area contributed by atoms with Gasteiger partial charge in [-0.15, -0.1) is 0 Å². The van der Waals surface area contributed by atoms with E-state index in [9.17, 15) is 14.9 Å². The van der Waals surface area contributed by atoms with Gasteiger partial charge in [-0.25, -0.2) is 4.98 Å². The van der Waals surface area contributed by atoms with Crippen molar-refractivity contribution in [3.8, 4) is 28.7 Å². The molecular formula is C32H39Cl2N7O4. The van der Waals surface area contributed by atoms with Crippen LogP contribution in [0.4, 0.5) is 5.95 Å². The Balaban J connectivity index is 1.66. The van der Waals surface area contributed by atoms with Crippen LogP contribution in [0.5, 0.6) is 11.5 Å². The molecular weight excluding hydrogens is 617 g/mol. The van der Waals surface area contributed by atoms with Gasteiger partial charge in [-0.2, -0.15) is 10.2 Å². The van der Waals surface area contributed by atoms with Crippen molar-refractivity contribution in [2.45, 2.75) is 46.2 Å². The largest absolute Gasteiger partial charge is 0.495 e. The number of nitriles is 1. The van der Waals surface area contributed by atoms with Crippen LogP contribution in [0.25, 0.3) is 22.2 Å².